The number of halogens is 3. The van der Waals surface area contributed by atoms with Gasteiger partial charge in [-0.05, 0) is 35.4 Å². The Morgan fingerprint density at radius 1 is 0.879 bits per heavy atom. The number of hydrogen-bond acceptors (Lipinski definition) is 4. The van der Waals surface area contributed by atoms with Gasteiger partial charge in [-0.2, -0.15) is 13.2 Å². The third-order valence-corrected chi connectivity index (χ3v) is 4.88. The fraction of sp³-hybridized carbons (Fsp3) is 0.200. The van der Waals surface area contributed by atoms with E-state index in [2.05, 4.69) is 5.32 Å². The maximum atomic E-state index is 13.2. The van der Waals surface area contributed by atoms with Crippen molar-refractivity contribution in [3.8, 4) is 5.75 Å². The summed E-state index contributed by atoms with van der Waals surface area (Å²) in [7, 11) is 1.14. The van der Waals surface area contributed by atoms with E-state index in [-0.39, 0.29) is 6.42 Å². The minimum Gasteiger partial charge on any atom is -0.489 e. The first-order valence-electron chi connectivity index (χ1n) is 10.1. The SMILES string of the molecule is COC(=O)[C@H](Cc1ccc(OCc2ccccc2)cc1)NC(=O)c1ccccc1C(F)(F)F. The molecule has 0 fully saturated rings. The molecule has 0 saturated carbocycles. The lowest BCUT2D eigenvalue weighted by Crippen LogP contribution is -2.43. The fourth-order valence-electron chi connectivity index (χ4n) is 3.20. The molecule has 1 atom stereocenters. The number of esters is 1. The zero-order chi connectivity index (χ0) is 23.8. The second kappa shape index (κ2) is 10.7. The van der Waals surface area contributed by atoms with E-state index in [0.717, 1.165) is 24.8 Å². The number of methoxy groups -OCH3 is 1. The molecule has 0 radical (unpaired) electrons. The third-order valence-electron chi connectivity index (χ3n) is 4.88. The van der Waals surface area contributed by atoms with Crippen molar-refractivity contribution < 1.29 is 32.2 Å². The standard InChI is InChI=1S/C25H22F3NO4/c1-32-24(31)22(29-23(30)20-9-5-6-10-21(20)25(26,27)28)15-17-11-13-19(14-12-17)33-16-18-7-3-2-4-8-18/h2-14,22H,15-16H2,1H3,(H,29,30)/t22-/m0/s1. The van der Waals surface area contributed by atoms with Crippen LogP contribution in [0.4, 0.5) is 13.2 Å². The first-order valence-corrected chi connectivity index (χ1v) is 10.1. The summed E-state index contributed by atoms with van der Waals surface area (Å²) >= 11 is 0. The first-order chi connectivity index (χ1) is 15.8. The fourth-order valence-corrected chi connectivity index (χ4v) is 3.20. The monoisotopic (exact) mass is 457 g/mol. The van der Waals surface area contributed by atoms with Crippen LogP contribution in [0.1, 0.15) is 27.0 Å². The molecule has 5 nitrogen and oxygen atoms in total. The Bertz CT molecular complexity index is 1080. The summed E-state index contributed by atoms with van der Waals surface area (Å²) in [4.78, 5) is 24.8. The van der Waals surface area contributed by atoms with Crippen molar-refractivity contribution in [2.75, 3.05) is 7.11 Å². The predicted octanol–water partition coefficient (Wildman–Crippen LogP) is 4.80. The van der Waals surface area contributed by atoms with Crippen LogP contribution in [-0.4, -0.2) is 25.0 Å². The van der Waals surface area contributed by atoms with Crippen LogP contribution in [0.2, 0.25) is 0 Å². The summed E-state index contributed by atoms with van der Waals surface area (Å²) < 4.78 is 50.2. The smallest absolute Gasteiger partial charge is 0.417 e. The highest BCUT2D eigenvalue weighted by atomic mass is 19.4. The Balaban J connectivity index is 1.69. The molecule has 0 aliphatic rings. The quantitative estimate of drug-likeness (QED) is 0.494. The van der Waals surface area contributed by atoms with Gasteiger partial charge in [-0.25, -0.2) is 4.79 Å². The summed E-state index contributed by atoms with van der Waals surface area (Å²) in [5.41, 5.74) is 0.0330. The highest BCUT2D eigenvalue weighted by Crippen LogP contribution is 2.31. The van der Waals surface area contributed by atoms with Crippen molar-refractivity contribution in [3.63, 3.8) is 0 Å². The van der Waals surface area contributed by atoms with E-state index in [0.29, 0.717) is 17.9 Å². The number of carbonyl (C=O) groups is 2. The number of amides is 1. The normalized spacial score (nSPS) is 12.0. The molecular weight excluding hydrogens is 435 g/mol. The molecule has 0 aromatic heterocycles. The van der Waals surface area contributed by atoms with Gasteiger partial charge in [0, 0.05) is 6.42 Å². The molecule has 3 rings (SSSR count). The Morgan fingerprint density at radius 3 is 2.15 bits per heavy atom. The van der Waals surface area contributed by atoms with Crippen molar-refractivity contribution >= 4 is 11.9 Å². The van der Waals surface area contributed by atoms with Gasteiger partial charge in [0.15, 0.2) is 0 Å². The van der Waals surface area contributed by atoms with E-state index >= 15 is 0 Å². The van der Waals surface area contributed by atoms with Crippen molar-refractivity contribution in [3.05, 3.63) is 101 Å². The molecule has 0 unspecified atom stereocenters. The second-order valence-electron chi connectivity index (χ2n) is 7.21. The van der Waals surface area contributed by atoms with E-state index in [4.69, 9.17) is 9.47 Å². The molecule has 0 aliphatic heterocycles. The minimum absolute atomic E-state index is 0.0333. The van der Waals surface area contributed by atoms with Crippen LogP contribution in [0.3, 0.4) is 0 Å². The second-order valence-corrected chi connectivity index (χ2v) is 7.21. The van der Waals surface area contributed by atoms with Crippen LogP contribution in [0.15, 0.2) is 78.9 Å². The number of carbonyl (C=O) groups excluding carboxylic acids is 2. The number of alkyl halides is 3. The molecule has 8 heteroatoms. The van der Waals surface area contributed by atoms with Gasteiger partial charge in [-0.3, -0.25) is 4.79 Å². The van der Waals surface area contributed by atoms with Crippen LogP contribution < -0.4 is 10.1 Å². The molecule has 3 aromatic rings. The topological polar surface area (TPSA) is 64.6 Å². The molecule has 0 bridgehead atoms. The molecule has 1 amide bonds. The van der Waals surface area contributed by atoms with E-state index in [1.807, 2.05) is 30.3 Å². The number of benzene rings is 3. The molecule has 0 heterocycles. The van der Waals surface area contributed by atoms with E-state index in [1.54, 1.807) is 24.3 Å². The molecule has 1 N–H and O–H groups in total. The largest absolute Gasteiger partial charge is 0.489 e. The maximum Gasteiger partial charge on any atom is 0.417 e. The molecule has 172 valence electrons. The molecule has 0 aliphatic carbocycles. The van der Waals surface area contributed by atoms with Crippen LogP contribution in [0.5, 0.6) is 5.75 Å². The average molecular weight is 457 g/mol. The van der Waals surface area contributed by atoms with Gasteiger partial charge in [0.2, 0.25) is 0 Å². The van der Waals surface area contributed by atoms with Crippen LogP contribution >= 0.6 is 0 Å². The van der Waals surface area contributed by atoms with E-state index in [1.165, 1.54) is 12.1 Å². The van der Waals surface area contributed by atoms with E-state index < -0.39 is 35.2 Å². The molecular formula is C25H22F3NO4. The summed E-state index contributed by atoms with van der Waals surface area (Å²) in [6, 6.07) is 19.7. The Hall–Kier alpha value is -3.81. The van der Waals surface area contributed by atoms with Crippen LogP contribution in [-0.2, 0) is 28.7 Å². The van der Waals surface area contributed by atoms with Crippen molar-refractivity contribution in [1.82, 2.24) is 5.32 Å². The number of nitrogens with one attached hydrogen (secondary N) is 1. The third kappa shape index (κ3) is 6.58. The van der Waals surface area contributed by atoms with Crippen LogP contribution in [0.25, 0.3) is 0 Å². The van der Waals surface area contributed by atoms with Gasteiger partial charge in [-0.1, -0.05) is 54.6 Å². The highest BCUT2D eigenvalue weighted by Gasteiger charge is 2.35. The van der Waals surface area contributed by atoms with Crippen LogP contribution in [0, 0.1) is 0 Å². The zero-order valence-electron chi connectivity index (χ0n) is 17.8. The van der Waals surface area contributed by atoms with E-state index in [9.17, 15) is 22.8 Å². The zero-order valence-corrected chi connectivity index (χ0v) is 17.8. The maximum absolute atomic E-state index is 13.2. The van der Waals surface area contributed by atoms with Gasteiger partial charge >= 0.3 is 12.1 Å². The summed E-state index contributed by atoms with van der Waals surface area (Å²) in [5.74, 6) is -1.17. The Kier molecular flexibility index (Phi) is 7.71. The average Bonchev–Trinajstić information content (AvgIpc) is 2.82. The van der Waals surface area contributed by atoms with Crippen molar-refractivity contribution in [1.29, 1.82) is 0 Å². The van der Waals surface area contributed by atoms with Gasteiger partial charge in [0.05, 0.1) is 18.2 Å². The number of hydrogen-bond donors (Lipinski definition) is 1. The van der Waals surface area contributed by atoms with Gasteiger partial charge < -0.3 is 14.8 Å². The Morgan fingerprint density at radius 2 is 1.52 bits per heavy atom. The molecule has 3 aromatic carbocycles. The molecule has 33 heavy (non-hydrogen) atoms. The molecule has 0 saturated heterocycles. The lowest BCUT2D eigenvalue weighted by molar-refractivity contribution is -0.142. The lowest BCUT2D eigenvalue weighted by Gasteiger charge is -2.18. The summed E-state index contributed by atoms with van der Waals surface area (Å²) in [5, 5.41) is 2.36. The predicted molar refractivity (Wildman–Crippen MR) is 116 cm³/mol. The van der Waals surface area contributed by atoms with Crippen molar-refractivity contribution in [2.24, 2.45) is 0 Å². The first kappa shape index (κ1) is 23.8. The van der Waals surface area contributed by atoms with Gasteiger partial charge in [0.25, 0.3) is 5.91 Å². The Labute approximate surface area is 189 Å². The summed E-state index contributed by atoms with van der Waals surface area (Å²) in [6.07, 6.45) is -4.67. The highest BCUT2D eigenvalue weighted by molar-refractivity contribution is 5.98. The van der Waals surface area contributed by atoms with Gasteiger partial charge in [-0.15, -0.1) is 0 Å². The summed E-state index contributed by atoms with van der Waals surface area (Å²) in [6.45, 7) is 0.389. The minimum atomic E-state index is -4.70. The van der Waals surface area contributed by atoms with Gasteiger partial charge in [0.1, 0.15) is 18.4 Å². The number of ether oxygens (including phenoxy) is 2. The number of rotatable bonds is 8. The van der Waals surface area contributed by atoms with Crippen molar-refractivity contribution in [2.45, 2.75) is 25.2 Å². The lowest BCUT2D eigenvalue weighted by atomic mass is 10.0. The molecule has 0 spiro atoms.